The largest absolute Gasteiger partial charge is 0.452 e. The van der Waals surface area contributed by atoms with Crippen LogP contribution in [0, 0.1) is 13.8 Å². The number of ether oxygens (including phenoxy) is 1. The Bertz CT molecular complexity index is 950. The van der Waals surface area contributed by atoms with Crippen LogP contribution >= 0.6 is 0 Å². The highest BCUT2D eigenvalue weighted by molar-refractivity contribution is 6.14. The number of ketones is 1. The van der Waals surface area contributed by atoms with Gasteiger partial charge >= 0.3 is 12.0 Å². The smallest absolute Gasteiger partial charge is 0.339 e. The van der Waals surface area contributed by atoms with E-state index in [0.29, 0.717) is 5.56 Å². The number of amides is 3. The Morgan fingerprint density at radius 1 is 0.931 bits per heavy atom. The van der Waals surface area contributed by atoms with Gasteiger partial charge in [-0.25, -0.2) is 9.59 Å². The Morgan fingerprint density at radius 3 is 2.21 bits per heavy atom. The molecule has 0 atom stereocenters. The molecule has 3 amide bonds. The molecule has 0 aliphatic heterocycles. The molecular formula is C22H24N2O5. The predicted molar refractivity (Wildman–Crippen MR) is 108 cm³/mol. The van der Waals surface area contributed by atoms with Crippen molar-refractivity contribution in [2.45, 2.75) is 33.7 Å². The maximum Gasteiger partial charge on any atom is 0.339 e. The maximum absolute atomic E-state index is 12.9. The summed E-state index contributed by atoms with van der Waals surface area (Å²) in [4.78, 5) is 48.6. The van der Waals surface area contributed by atoms with E-state index in [4.69, 9.17) is 4.74 Å². The van der Waals surface area contributed by atoms with E-state index in [9.17, 15) is 19.2 Å². The highest BCUT2D eigenvalue weighted by Gasteiger charge is 2.20. The van der Waals surface area contributed by atoms with E-state index >= 15 is 0 Å². The van der Waals surface area contributed by atoms with Crippen LogP contribution in [0.5, 0.6) is 0 Å². The van der Waals surface area contributed by atoms with Crippen LogP contribution in [-0.4, -0.2) is 36.3 Å². The number of benzene rings is 2. The van der Waals surface area contributed by atoms with Crippen LogP contribution < -0.4 is 10.6 Å². The number of aryl methyl sites for hydroxylation is 2. The number of nitrogens with one attached hydrogen (secondary N) is 2. The number of hydrogen-bond acceptors (Lipinski definition) is 5. The zero-order valence-electron chi connectivity index (χ0n) is 16.9. The molecule has 0 aliphatic carbocycles. The predicted octanol–water partition coefficient (Wildman–Crippen LogP) is 2.93. The third kappa shape index (κ3) is 6.00. The maximum atomic E-state index is 12.9. The molecule has 29 heavy (non-hydrogen) atoms. The molecule has 2 rings (SSSR count). The van der Waals surface area contributed by atoms with Crippen LogP contribution in [0.15, 0.2) is 42.5 Å². The topological polar surface area (TPSA) is 102 Å². The molecular weight excluding hydrogens is 372 g/mol. The minimum atomic E-state index is -0.822. The molecule has 0 unspecified atom stereocenters. The summed E-state index contributed by atoms with van der Waals surface area (Å²) in [6, 6.07) is 10.7. The van der Waals surface area contributed by atoms with Crippen molar-refractivity contribution in [2.24, 2.45) is 0 Å². The highest BCUT2D eigenvalue weighted by Crippen LogP contribution is 2.18. The van der Waals surface area contributed by atoms with Gasteiger partial charge in [-0.15, -0.1) is 0 Å². The van der Waals surface area contributed by atoms with E-state index in [1.165, 1.54) is 12.1 Å². The number of rotatable bonds is 6. The van der Waals surface area contributed by atoms with Crippen LogP contribution in [0.3, 0.4) is 0 Å². The molecule has 0 heterocycles. The molecule has 0 aromatic heterocycles. The minimum Gasteiger partial charge on any atom is -0.452 e. The van der Waals surface area contributed by atoms with Gasteiger partial charge in [0.15, 0.2) is 12.4 Å². The summed E-state index contributed by atoms with van der Waals surface area (Å²) < 4.78 is 4.98. The van der Waals surface area contributed by atoms with Gasteiger partial charge in [-0.2, -0.15) is 0 Å². The summed E-state index contributed by atoms with van der Waals surface area (Å²) in [5.74, 6) is -1.91. The Labute approximate surface area is 169 Å². The Hall–Kier alpha value is -3.48. The van der Waals surface area contributed by atoms with Crippen molar-refractivity contribution in [3.05, 3.63) is 70.3 Å². The Balaban J connectivity index is 2.10. The molecule has 0 saturated heterocycles. The summed E-state index contributed by atoms with van der Waals surface area (Å²) in [5.41, 5.74) is 2.71. The molecule has 7 heteroatoms. The van der Waals surface area contributed by atoms with Gasteiger partial charge in [0.05, 0.1) is 5.56 Å². The summed E-state index contributed by atoms with van der Waals surface area (Å²) in [6.45, 7) is 6.69. The molecule has 152 valence electrons. The second-order valence-electron chi connectivity index (χ2n) is 6.93. The van der Waals surface area contributed by atoms with Gasteiger partial charge in [-0.1, -0.05) is 30.3 Å². The van der Waals surface area contributed by atoms with Crippen LogP contribution in [0.4, 0.5) is 4.79 Å². The normalized spacial score (nSPS) is 10.4. The molecule has 2 N–H and O–H groups in total. The Morgan fingerprint density at radius 2 is 1.59 bits per heavy atom. The van der Waals surface area contributed by atoms with Gasteiger partial charge < -0.3 is 10.1 Å². The third-order valence-corrected chi connectivity index (χ3v) is 4.17. The number of imide groups is 1. The SMILES string of the molecule is Cc1ccc(C(=O)c2ccccc2C(=O)OCC(=O)NC(=O)NC(C)C)cc1C. The monoisotopic (exact) mass is 396 g/mol. The van der Waals surface area contributed by atoms with E-state index in [1.54, 1.807) is 38.1 Å². The molecule has 0 radical (unpaired) electrons. The van der Waals surface area contributed by atoms with Gasteiger partial charge in [-0.05, 0) is 51.0 Å². The van der Waals surface area contributed by atoms with Gasteiger partial charge in [0, 0.05) is 17.2 Å². The summed E-state index contributed by atoms with van der Waals surface area (Å²) in [7, 11) is 0. The van der Waals surface area contributed by atoms with Crippen molar-refractivity contribution in [1.82, 2.24) is 10.6 Å². The second-order valence-corrected chi connectivity index (χ2v) is 6.93. The van der Waals surface area contributed by atoms with Gasteiger partial charge in [0.1, 0.15) is 0 Å². The van der Waals surface area contributed by atoms with Crippen molar-refractivity contribution < 1.29 is 23.9 Å². The molecule has 2 aromatic carbocycles. The van der Waals surface area contributed by atoms with Gasteiger partial charge in [0.2, 0.25) is 0 Å². The molecule has 0 fully saturated rings. The molecule has 0 aliphatic rings. The highest BCUT2D eigenvalue weighted by atomic mass is 16.5. The van der Waals surface area contributed by atoms with Crippen molar-refractivity contribution in [2.75, 3.05) is 6.61 Å². The summed E-state index contributed by atoms with van der Waals surface area (Å²) in [6.07, 6.45) is 0. The average molecular weight is 396 g/mol. The fourth-order valence-electron chi connectivity index (χ4n) is 2.57. The lowest BCUT2D eigenvalue weighted by atomic mass is 9.96. The third-order valence-electron chi connectivity index (χ3n) is 4.17. The first kappa shape index (κ1) is 21.8. The first-order valence-corrected chi connectivity index (χ1v) is 9.17. The van der Waals surface area contributed by atoms with E-state index < -0.39 is 24.5 Å². The van der Waals surface area contributed by atoms with Crippen molar-refractivity contribution in [1.29, 1.82) is 0 Å². The minimum absolute atomic E-state index is 0.0511. The Kier molecular flexibility index (Phi) is 7.25. The molecule has 0 spiro atoms. The lowest BCUT2D eigenvalue weighted by molar-refractivity contribution is -0.123. The lowest BCUT2D eigenvalue weighted by Crippen LogP contribution is -2.44. The van der Waals surface area contributed by atoms with Crippen LogP contribution in [0.2, 0.25) is 0 Å². The van der Waals surface area contributed by atoms with E-state index in [0.717, 1.165) is 11.1 Å². The number of carbonyl (C=O) groups is 4. The van der Waals surface area contributed by atoms with Crippen LogP contribution in [-0.2, 0) is 9.53 Å². The fourth-order valence-corrected chi connectivity index (χ4v) is 2.57. The van der Waals surface area contributed by atoms with Gasteiger partial charge in [-0.3, -0.25) is 14.9 Å². The standard InChI is InChI=1S/C22H24N2O5/c1-13(2)23-22(28)24-19(25)12-29-21(27)18-8-6-5-7-17(18)20(26)16-10-9-14(3)15(4)11-16/h5-11,13H,12H2,1-4H3,(H2,23,24,25,28). The number of urea groups is 1. The molecule has 7 nitrogen and oxygen atoms in total. The summed E-state index contributed by atoms with van der Waals surface area (Å²) >= 11 is 0. The average Bonchev–Trinajstić information content (AvgIpc) is 2.67. The van der Waals surface area contributed by atoms with Crippen LogP contribution in [0.1, 0.15) is 51.3 Å². The first-order chi connectivity index (χ1) is 13.7. The number of carbonyl (C=O) groups excluding carboxylic acids is 4. The molecule has 0 saturated carbocycles. The zero-order valence-corrected chi connectivity index (χ0v) is 16.9. The quantitative estimate of drug-likeness (QED) is 0.577. The number of esters is 1. The van der Waals surface area contributed by atoms with Crippen LogP contribution in [0.25, 0.3) is 0 Å². The van der Waals surface area contributed by atoms with Crippen molar-refractivity contribution in [3.63, 3.8) is 0 Å². The van der Waals surface area contributed by atoms with Gasteiger partial charge in [0.25, 0.3) is 5.91 Å². The summed E-state index contributed by atoms with van der Waals surface area (Å²) in [5, 5.41) is 4.55. The van der Waals surface area contributed by atoms with E-state index in [2.05, 4.69) is 10.6 Å². The van der Waals surface area contributed by atoms with Crippen molar-refractivity contribution in [3.8, 4) is 0 Å². The van der Waals surface area contributed by atoms with Crippen molar-refractivity contribution >= 4 is 23.7 Å². The van der Waals surface area contributed by atoms with E-state index in [1.807, 2.05) is 19.9 Å². The molecule has 2 aromatic rings. The fraction of sp³-hybridized carbons (Fsp3) is 0.273. The van der Waals surface area contributed by atoms with E-state index in [-0.39, 0.29) is 23.0 Å². The number of hydrogen-bond donors (Lipinski definition) is 2. The molecule has 0 bridgehead atoms. The first-order valence-electron chi connectivity index (χ1n) is 9.17. The lowest BCUT2D eigenvalue weighted by Gasteiger charge is -2.11. The second kappa shape index (κ2) is 9.64. The zero-order chi connectivity index (χ0) is 21.6.